The lowest BCUT2D eigenvalue weighted by atomic mass is 10.3. The van der Waals surface area contributed by atoms with Crippen LogP contribution in [0.1, 0.15) is 12.8 Å². The average molecular weight is 246 g/mol. The van der Waals surface area contributed by atoms with Gasteiger partial charge >= 0.3 is 12.0 Å². The Labute approximate surface area is 99.4 Å². The number of carboxylic acids is 1. The van der Waals surface area contributed by atoms with E-state index < -0.39 is 18.0 Å². The van der Waals surface area contributed by atoms with Gasteiger partial charge in [-0.25, -0.2) is 9.59 Å². The molecular formula is C10H18N2O5. The monoisotopic (exact) mass is 246 g/mol. The summed E-state index contributed by atoms with van der Waals surface area (Å²) in [4.78, 5) is 24.1. The molecule has 1 aliphatic rings. The van der Waals surface area contributed by atoms with Crippen LogP contribution in [0.25, 0.3) is 0 Å². The average Bonchev–Trinajstić information content (AvgIpc) is 3.08. The molecule has 0 bridgehead atoms. The zero-order valence-corrected chi connectivity index (χ0v) is 9.76. The van der Waals surface area contributed by atoms with Crippen LogP contribution in [0.4, 0.5) is 4.79 Å². The van der Waals surface area contributed by atoms with E-state index >= 15 is 0 Å². The van der Waals surface area contributed by atoms with E-state index in [0.717, 1.165) is 12.8 Å². The Bertz CT molecular complexity index is 280. The van der Waals surface area contributed by atoms with Crippen molar-refractivity contribution in [1.29, 1.82) is 0 Å². The van der Waals surface area contributed by atoms with Crippen LogP contribution in [-0.2, 0) is 9.53 Å². The van der Waals surface area contributed by atoms with Crippen LogP contribution >= 0.6 is 0 Å². The van der Waals surface area contributed by atoms with Crippen molar-refractivity contribution in [1.82, 2.24) is 10.2 Å². The maximum atomic E-state index is 11.8. The fraction of sp³-hybridized carbons (Fsp3) is 0.800. The summed E-state index contributed by atoms with van der Waals surface area (Å²) in [6.07, 6.45) is 1.80. The number of rotatable bonds is 7. The summed E-state index contributed by atoms with van der Waals surface area (Å²) >= 11 is 0. The lowest BCUT2D eigenvalue weighted by Crippen LogP contribution is -2.51. The molecular weight excluding hydrogens is 228 g/mol. The lowest BCUT2D eigenvalue weighted by Gasteiger charge is -2.24. The number of methoxy groups -OCH3 is 1. The van der Waals surface area contributed by atoms with Gasteiger partial charge in [-0.2, -0.15) is 0 Å². The summed E-state index contributed by atoms with van der Waals surface area (Å²) in [5.74, 6) is -1.14. The molecule has 0 aromatic carbocycles. The number of aliphatic hydroxyl groups is 1. The molecule has 7 nitrogen and oxygen atoms in total. The Morgan fingerprint density at radius 1 is 1.53 bits per heavy atom. The van der Waals surface area contributed by atoms with Gasteiger partial charge in [0.05, 0.1) is 13.2 Å². The lowest BCUT2D eigenvalue weighted by molar-refractivity contribution is -0.140. The van der Waals surface area contributed by atoms with E-state index in [4.69, 9.17) is 14.9 Å². The number of nitrogens with zero attached hydrogens (tertiary/aromatic N) is 1. The van der Waals surface area contributed by atoms with Crippen LogP contribution in [0.3, 0.4) is 0 Å². The van der Waals surface area contributed by atoms with Gasteiger partial charge in [-0.1, -0.05) is 0 Å². The van der Waals surface area contributed by atoms with Crippen molar-refractivity contribution in [2.24, 2.45) is 0 Å². The number of carboxylic acid groups (broad SMARTS) is 1. The Balaban J connectivity index is 2.51. The third kappa shape index (κ3) is 4.20. The third-order valence-electron chi connectivity index (χ3n) is 2.52. The Morgan fingerprint density at radius 2 is 2.18 bits per heavy atom. The second-order valence-corrected chi connectivity index (χ2v) is 3.94. The largest absolute Gasteiger partial charge is 0.480 e. The van der Waals surface area contributed by atoms with Crippen LogP contribution in [0.5, 0.6) is 0 Å². The van der Waals surface area contributed by atoms with Gasteiger partial charge in [0.25, 0.3) is 0 Å². The number of hydrogen-bond acceptors (Lipinski definition) is 4. The minimum atomic E-state index is -1.14. The molecule has 2 amide bonds. The first-order chi connectivity index (χ1) is 8.10. The molecule has 0 spiro atoms. The highest BCUT2D eigenvalue weighted by atomic mass is 16.5. The number of hydrogen-bond donors (Lipinski definition) is 3. The van der Waals surface area contributed by atoms with E-state index in [2.05, 4.69) is 5.32 Å². The van der Waals surface area contributed by atoms with Gasteiger partial charge in [0.15, 0.2) is 6.04 Å². The summed E-state index contributed by atoms with van der Waals surface area (Å²) in [5, 5.41) is 20.1. The summed E-state index contributed by atoms with van der Waals surface area (Å²) in [7, 11) is 1.37. The number of aliphatic carboxylic acids is 1. The third-order valence-corrected chi connectivity index (χ3v) is 2.52. The van der Waals surface area contributed by atoms with E-state index in [1.807, 2.05) is 0 Å². The molecule has 3 N–H and O–H groups in total. The van der Waals surface area contributed by atoms with Crippen molar-refractivity contribution in [3.63, 3.8) is 0 Å². The van der Waals surface area contributed by atoms with Crippen molar-refractivity contribution in [2.75, 3.05) is 26.9 Å². The molecule has 7 heteroatoms. The predicted molar refractivity (Wildman–Crippen MR) is 58.6 cm³/mol. The molecule has 98 valence electrons. The zero-order chi connectivity index (χ0) is 12.8. The second kappa shape index (κ2) is 6.41. The van der Waals surface area contributed by atoms with E-state index in [9.17, 15) is 9.59 Å². The van der Waals surface area contributed by atoms with E-state index in [0.29, 0.717) is 0 Å². The highest BCUT2D eigenvalue weighted by Crippen LogP contribution is 2.26. The van der Waals surface area contributed by atoms with Crippen LogP contribution in [-0.4, -0.2) is 66.1 Å². The molecule has 0 heterocycles. The summed E-state index contributed by atoms with van der Waals surface area (Å²) in [6, 6.07) is -1.41. The molecule has 0 aromatic rings. The van der Waals surface area contributed by atoms with Gasteiger partial charge in [0.1, 0.15) is 0 Å². The van der Waals surface area contributed by atoms with Gasteiger partial charge in [0.2, 0.25) is 0 Å². The van der Waals surface area contributed by atoms with E-state index in [1.165, 1.54) is 12.0 Å². The van der Waals surface area contributed by atoms with E-state index in [-0.39, 0.29) is 25.8 Å². The predicted octanol–water partition coefficient (Wildman–Crippen LogP) is -0.748. The molecule has 1 rings (SSSR count). The fourth-order valence-corrected chi connectivity index (χ4v) is 1.52. The first-order valence-corrected chi connectivity index (χ1v) is 5.50. The number of amides is 2. The van der Waals surface area contributed by atoms with Crippen LogP contribution in [0.15, 0.2) is 0 Å². The highest BCUT2D eigenvalue weighted by molar-refractivity contribution is 5.83. The molecule has 1 fully saturated rings. The number of carbonyl (C=O) groups is 2. The minimum absolute atomic E-state index is 0.0846. The van der Waals surface area contributed by atoms with Crippen LogP contribution in [0.2, 0.25) is 0 Å². The summed E-state index contributed by atoms with van der Waals surface area (Å²) in [5.41, 5.74) is 0. The van der Waals surface area contributed by atoms with Gasteiger partial charge in [-0.3, -0.25) is 0 Å². The topological polar surface area (TPSA) is 99.1 Å². The second-order valence-electron chi connectivity index (χ2n) is 3.94. The molecule has 17 heavy (non-hydrogen) atoms. The molecule has 1 atom stereocenters. The summed E-state index contributed by atoms with van der Waals surface area (Å²) in [6.45, 7) is 0.000458. The molecule has 0 aromatic heterocycles. The van der Waals surface area contributed by atoms with Crippen molar-refractivity contribution in [3.8, 4) is 0 Å². The Hall–Kier alpha value is -1.34. The highest BCUT2D eigenvalue weighted by Gasteiger charge is 2.33. The van der Waals surface area contributed by atoms with E-state index in [1.54, 1.807) is 0 Å². The quantitative estimate of drug-likeness (QED) is 0.549. The van der Waals surface area contributed by atoms with Gasteiger partial charge < -0.3 is 25.2 Å². The van der Waals surface area contributed by atoms with Crippen LogP contribution in [0, 0.1) is 0 Å². The number of nitrogens with one attached hydrogen (secondary N) is 1. The smallest absolute Gasteiger partial charge is 0.328 e. The van der Waals surface area contributed by atoms with Gasteiger partial charge in [-0.05, 0) is 12.8 Å². The minimum Gasteiger partial charge on any atom is -0.480 e. The molecule has 0 radical (unpaired) electrons. The SMILES string of the molecule is COCC(NC(=O)N(CCO)C1CC1)C(=O)O. The van der Waals surface area contributed by atoms with Gasteiger partial charge in [0, 0.05) is 19.7 Å². The Kier molecular flexibility index (Phi) is 5.17. The first-order valence-electron chi connectivity index (χ1n) is 5.50. The van der Waals surface area contributed by atoms with Crippen molar-refractivity contribution < 1.29 is 24.5 Å². The molecule has 0 aliphatic heterocycles. The number of carbonyl (C=O) groups excluding carboxylic acids is 1. The molecule has 0 saturated heterocycles. The number of urea groups is 1. The number of ether oxygens (including phenoxy) is 1. The Morgan fingerprint density at radius 3 is 2.59 bits per heavy atom. The van der Waals surface area contributed by atoms with Crippen molar-refractivity contribution in [2.45, 2.75) is 24.9 Å². The van der Waals surface area contributed by atoms with Crippen LogP contribution < -0.4 is 5.32 Å². The fourth-order valence-electron chi connectivity index (χ4n) is 1.52. The standard InChI is InChI=1S/C10H18N2O5/c1-17-6-8(9(14)15)11-10(16)12(4-5-13)7-2-3-7/h7-8,13H,2-6H2,1H3,(H,11,16)(H,14,15). The van der Waals surface area contributed by atoms with Gasteiger partial charge in [-0.15, -0.1) is 0 Å². The zero-order valence-electron chi connectivity index (χ0n) is 9.76. The van der Waals surface area contributed by atoms with Crippen molar-refractivity contribution in [3.05, 3.63) is 0 Å². The molecule has 1 unspecified atom stereocenters. The summed E-state index contributed by atoms with van der Waals surface area (Å²) < 4.78 is 4.72. The van der Waals surface area contributed by atoms with Crippen molar-refractivity contribution >= 4 is 12.0 Å². The molecule has 1 saturated carbocycles. The maximum Gasteiger partial charge on any atom is 0.328 e. The number of aliphatic hydroxyl groups excluding tert-OH is 1. The maximum absolute atomic E-state index is 11.8. The molecule has 1 aliphatic carbocycles. The normalized spacial score (nSPS) is 16.4. The first kappa shape index (κ1) is 13.7.